The summed E-state index contributed by atoms with van der Waals surface area (Å²) in [5.74, 6) is 1.50. The monoisotopic (exact) mass is 496 g/mol. The molecule has 1 N–H and O–H groups in total. The fourth-order valence-electron chi connectivity index (χ4n) is 3.22. The van der Waals surface area contributed by atoms with Crippen LogP contribution in [0.5, 0.6) is 0 Å². The van der Waals surface area contributed by atoms with E-state index < -0.39 is 5.60 Å². The molecule has 158 valence electrons. The van der Waals surface area contributed by atoms with Crippen LogP contribution in [0.1, 0.15) is 47.0 Å². The molecule has 2 rings (SSSR count). The summed E-state index contributed by atoms with van der Waals surface area (Å²) in [5, 5.41) is 3.37. The SMILES string of the molecule is CCNC(=NCCN(C(=O)OC(C)(C)C)C1CC1)N1CCC(COC)C1.I. The Morgan fingerprint density at radius 2 is 2.00 bits per heavy atom. The standard InChI is InChI=1S/C19H36N4O3.HI/c1-6-20-17(22-11-9-15(13-22)14-25-5)21-10-12-23(16-7-8-16)18(24)26-19(2,3)4;/h15-16H,6-14H2,1-5H3,(H,20,21);1H. The summed E-state index contributed by atoms with van der Waals surface area (Å²) in [6, 6.07) is 0.320. The zero-order chi connectivity index (χ0) is 19.2. The lowest BCUT2D eigenvalue weighted by atomic mass is 10.1. The highest BCUT2D eigenvalue weighted by atomic mass is 127. The normalized spacial score (nSPS) is 20.3. The summed E-state index contributed by atoms with van der Waals surface area (Å²) in [7, 11) is 1.76. The van der Waals surface area contributed by atoms with Gasteiger partial charge in [0.25, 0.3) is 0 Å². The lowest BCUT2D eigenvalue weighted by molar-refractivity contribution is 0.0240. The summed E-state index contributed by atoms with van der Waals surface area (Å²) < 4.78 is 10.8. The molecule has 0 aromatic carbocycles. The fraction of sp³-hybridized carbons (Fsp3) is 0.895. The number of carbonyl (C=O) groups is 1. The zero-order valence-corrected chi connectivity index (χ0v) is 19.8. The van der Waals surface area contributed by atoms with Crippen LogP contribution in [0.25, 0.3) is 0 Å². The summed E-state index contributed by atoms with van der Waals surface area (Å²) >= 11 is 0. The van der Waals surface area contributed by atoms with Crippen LogP contribution in [-0.2, 0) is 9.47 Å². The van der Waals surface area contributed by atoms with Gasteiger partial charge in [0.1, 0.15) is 5.60 Å². The molecule has 2 aliphatic rings. The highest BCUT2D eigenvalue weighted by molar-refractivity contribution is 14.0. The molecule has 1 atom stereocenters. The number of carbonyl (C=O) groups excluding carboxylic acids is 1. The van der Waals surface area contributed by atoms with Gasteiger partial charge in [0.15, 0.2) is 5.96 Å². The molecule has 1 aliphatic carbocycles. The lowest BCUT2D eigenvalue weighted by Gasteiger charge is -2.27. The molecule has 0 aromatic heterocycles. The highest BCUT2D eigenvalue weighted by Crippen LogP contribution is 2.28. The quantitative estimate of drug-likeness (QED) is 0.334. The van der Waals surface area contributed by atoms with Gasteiger partial charge in [-0.05, 0) is 47.0 Å². The van der Waals surface area contributed by atoms with Gasteiger partial charge >= 0.3 is 6.09 Å². The predicted molar refractivity (Wildman–Crippen MR) is 119 cm³/mol. The number of likely N-dealkylation sites (tertiary alicyclic amines) is 1. The van der Waals surface area contributed by atoms with Gasteiger partial charge in [-0.2, -0.15) is 0 Å². The van der Waals surface area contributed by atoms with E-state index >= 15 is 0 Å². The molecule has 27 heavy (non-hydrogen) atoms. The molecule has 1 saturated carbocycles. The van der Waals surface area contributed by atoms with E-state index in [9.17, 15) is 4.79 Å². The van der Waals surface area contributed by atoms with Gasteiger partial charge in [-0.1, -0.05) is 0 Å². The van der Waals surface area contributed by atoms with Crippen LogP contribution in [0.3, 0.4) is 0 Å². The third-order valence-corrected chi connectivity index (χ3v) is 4.54. The minimum Gasteiger partial charge on any atom is -0.444 e. The first-order valence-electron chi connectivity index (χ1n) is 9.86. The van der Waals surface area contributed by atoms with Crippen LogP contribution in [0.4, 0.5) is 4.79 Å². The maximum atomic E-state index is 12.4. The number of aliphatic imine (C=N–C) groups is 1. The smallest absolute Gasteiger partial charge is 0.410 e. The molecular weight excluding hydrogens is 459 g/mol. The summed E-state index contributed by atoms with van der Waals surface area (Å²) in [4.78, 5) is 21.3. The number of hydrogen-bond donors (Lipinski definition) is 1. The van der Waals surface area contributed by atoms with E-state index in [0.29, 0.717) is 25.0 Å². The first-order chi connectivity index (χ1) is 12.3. The maximum Gasteiger partial charge on any atom is 0.410 e. The van der Waals surface area contributed by atoms with Gasteiger partial charge in [-0.15, -0.1) is 24.0 Å². The number of ether oxygens (including phenoxy) is 2. The van der Waals surface area contributed by atoms with Gasteiger partial charge < -0.3 is 24.6 Å². The van der Waals surface area contributed by atoms with Gasteiger partial charge in [-0.25, -0.2) is 4.79 Å². The van der Waals surface area contributed by atoms with Gasteiger partial charge in [-0.3, -0.25) is 4.99 Å². The highest BCUT2D eigenvalue weighted by Gasteiger charge is 2.35. The molecule has 7 nitrogen and oxygen atoms in total. The number of amides is 1. The van der Waals surface area contributed by atoms with Crippen LogP contribution in [0.2, 0.25) is 0 Å². The van der Waals surface area contributed by atoms with E-state index in [1.165, 1.54) is 0 Å². The van der Waals surface area contributed by atoms with Crippen molar-refractivity contribution < 1.29 is 14.3 Å². The number of nitrogens with zero attached hydrogens (tertiary/aromatic N) is 3. The molecule has 1 aliphatic heterocycles. The first-order valence-corrected chi connectivity index (χ1v) is 9.86. The summed E-state index contributed by atoms with van der Waals surface area (Å²) in [6.45, 7) is 12.6. The Morgan fingerprint density at radius 3 is 2.56 bits per heavy atom. The van der Waals surface area contributed by atoms with E-state index in [1.807, 2.05) is 25.7 Å². The molecule has 8 heteroatoms. The van der Waals surface area contributed by atoms with E-state index in [-0.39, 0.29) is 30.1 Å². The number of rotatable bonds is 7. The van der Waals surface area contributed by atoms with Crippen molar-refractivity contribution in [2.75, 3.05) is 46.4 Å². The van der Waals surface area contributed by atoms with Crippen LogP contribution in [-0.4, -0.2) is 79.9 Å². The van der Waals surface area contributed by atoms with Gasteiger partial charge in [0, 0.05) is 45.2 Å². The van der Waals surface area contributed by atoms with Crippen molar-refractivity contribution in [1.82, 2.24) is 15.1 Å². The van der Waals surface area contributed by atoms with Crippen molar-refractivity contribution in [2.24, 2.45) is 10.9 Å². The van der Waals surface area contributed by atoms with Gasteiger partial charge in [0.2, 0.25) is 0 Å². The van der Waals surface area contributed by atoms with E-state index in [1.54, 1.807) is 7.11 Å². The largest absolute Gasteiger partial charge is 0.444 e. The molecule has 0 radical (unpaired) electrons. The van der Waals surface area contributed by atoms with Crippen molar-refractivity contribution >= 4 is 36.0 Å². The van der Waals surface area contributed by atoms with Crippen molar-refractivity contribution in [1.29, 1.82) is 0 Å². The minimum absolute atomic E-state index is 0. The first kappa shape index (κ1) is 24.3. The Labute approximate surface area is 181 Å². The van der Waals surface area contributed by atoms with Crippen LogP contribution in [0, 0.1) is 5.92 Å². The molecule has 1 saturated heterocycles. The Morgan fingerprint density at radius 1 is 1.30 bits per heavy atom. The number of halogens is 1. The topological polar surface area (TPSA) is 66.4 Å². The van der Waals surface area contributed by atoms with E-state index in [2.05, 4.69) is 17.1 Å². The van der Waals surface area contributed by atoms with Crippen molar-refractivity contribution in [3.8, 4) is 0 Å². The lowest BCUT2D eigenvalue weighted by Crippen LogP contribution is -2.42. The number of nitrogens with one attached hydrogen (secondary N) is 1. The van der Waals surface area contributed by atoms with E-state index in [0.717, 1.165) is 51.5 Å². The third kappa shape index (κ3) is 8.41. The Bertz CT molecular complexity index is 492. The van der Waals surface area contributed by atoms with Gasteiger partial charge in [0.05, 0.1) is 13.2 Å². The second kappa shape index (κ2) is 11.3. The third-order valence-electron chi connectivity index (χ3n) is 4.54. The number of guanidine groups is 1. The Kier molecular flexibility index (Phi) is 10.1. The molecule has 0 aromatic rings. The van der Waals surface area contributed by atoms with Crippen LogP contribution >= 0.6 is 24.0 Å². The molecule has 1 unspecified atom stereocenters. The zero-order valence-electron chi connectivity index (χ0n) is 17.5. The summed E-state index contributed by atoms with van der Waals surface area (Å²) in [6.07, 6.45) is 3.04. The average molecular weight is 496 g/mol. The van der Waals surface area contributed by atoms with Crippen molar-refractivity contribution in [3.63, 3.8) is 0 Å². The molecule has 1 amide bonds. The molecule has 2 fully saturated rings. The second-order valence-electron chi connectivity index (χ2n) is 8.20. The van der Waals surface area contributed by atoms with Crippen LogP contribution in [0.15, 0.2) is 4.99 Å². The van der Waals surface area contributed by atoms with Crippen LogP contribution < -0.4 is 5.32 Å². The van der Waals surface area contributed by atoms with Crippen molar-refractivity contribution in [3.05, 3.63) is 0 Å². The fourth-order valence-corrected chi connectivity index (χ4v) is 3.22. The maximum absolute atomic E-state index is 12.4. The summed E-state index contributed by atoms with van der Waals surface area (Å²) in [5.41, 5.74) is -0.464. The molecule has 1 heterocycles. The molecule has 0 bridgehead atoms. The minimum atomic E-state index is -0.464. The molecule has 0 spiro atoms. The Hall–Kier alpha value is -0.770. The predicted octanol–water partition coefficient (Wildman–Crippen LogP) is 2.94. The van der Waals surface area contributed by atoms with Crippen molar-refractivity contribution in [2.45, 2.75) is 58.6 Å². The number of methoxy groups -OCH3 is 1. The molecular formula is C19H37IN4O3. The Balaban J connectivity index is 0.00000364. The second-order valence-corrected chi connectivity index (χ2v) is 8.20. The number of hydrogen-bond acceptors (Lipinski definition) is 4. The average Bonchev–Trinajstić information content (AvgIpc) is 3.27. The van der Waals surface area contributed by atoms with E-state index in [4.69, 9.17) is 14.5 Å².